The van der Waals surface area contributed by atoms with E-state index in [1.807, 2.05) is 0 Å². The maximum atomic E-state index is 5.83. The van der Waals surface area contributed by atoms with Gasteiger partial charge < -0.3 is 10.1 Å². The molecule has 0 bridgehead atoms. The van der Waals surface area contributed by atoms with Crippen LogP contribution in [0.4, 0.5) is 0 Å². The van der Waals surface area contributed by atoms with Crippen molar-refractivity contribution in [1.29, 1.82) is 0 Å². The van der Waals surface area contributed by atoms with Crippen LogP contribution in [0.15, 0.2) is 24.3 Å². The second-order valence-corrected chi connectivity index (χ2v) is 6.41. The molecule has 1 saturated carbocycles. The maximum Gasteiger partial charge on any atom is 0.124 e. The molecule has 0 amide bonds. The SMILES string of the molecule is c1ccc2c(c1)OCCC2N(CC1CCCN1)C1CC1. The molecule has 0 radical (unpaired) electrons. The quantitative estimate of drug-likeness (QED) is 0.912. The van der Waals surface area contributed by atoms with E-state index in [0.29, 0.717) is 12.1 Å². The molecular weight excluding hydrogens is 248 g/mol. The van der Waals surface area contributed by atoms with Crippen molar-refractivity contribution in [2.45, 2.75) is 50.2 Å². The van der Waals surface area contributed by atoms with Crippen molar-refractivity contribution in [2.24, 2.45) is 0 Å². The summed E-state index contributed by atoms with van der Waals surface area (Å²) in [5.74, 6) is 1.11. The number of rotatable bonds is 4. The van der Waals surface area contributed by atoms with Gasteiger partial charge in [-0.25, -0.2) is 0 Å². The van der Waals surface area contributed by atoms with Crippen LogP contribution in [0.2, 0.25) is 0 Å². The van der Waals surface area contributed by atoms with Crippen LogP contribution in [0, 0.1) is 0 Å². The zero-order valence-corrected chi connectivity index (χ0v) is 12.1. The molecule has 2 aliphatic heterocycles. The van der Waals surface area contributed by atoms with Crippen LogP contribution in [0.5, 0.6) is 5.75 Å². The van der Waals surface area contributed by atoms with Gasteiger partial charge in [0.05, 0.1) is 6.61 Å². The Morgan fingerprint density at radius 3 is 2.85 bits per heavy atom. The van der Waals surface area contributed by atoms with Gasteiger partial charge in [0.15, 0.2) is 0 Å². The first-order chi connectivity index (χ1) is 9.92. The molecule has 108 valence electrons. The normalized spacial score (nSPS) is 29.2. The maximum absolute atomic E-state index is 5.83. The van der Waals surface area contributed by atoms with Gasteiger partial charge in [-0.3, -0.25) is 4.90 Å². The minimum Gasteiger partial charge on any atom is -0.493 e. The van der Waals surface area contributed by atoms with Gasteiger partial charge in [0.1, 0.15) is 5.75 Å². The lowest BCUT2D eigenvalue weighted by molar-refractivity contribution is 0.123. The van der Waals surface area contributed by atoms with Crippen molar-refractivity contribution >= 4 is 0 Å². The molecule has 2 unspecified atom stereocenters. The van der Waals surface area contributed by atoms with E-state index in [1.54, 1.807) is 0 Å². The van der Waals surface area contributed by atoms with Crippen molar-refractivity contribution in [3.63, 3.8) is 0 Å². The molecule has 1 aromatic carbocycles. The molecule has 1 N–H and O–H groups in total. The number of fused-ring (bicyclic) bond motifs is 1. The summed E-state index contributed by atoms with van der Waals surface area (Å²) in [4.78, 5) is 2.77. The number of nitrogens with one attached hydrogen (secondary N) is 1. The molecule has 3 aliphatic rings. The highest BCUT2D eigenvalue weighted by molar-refractivity contribution is 5.37. The van der Waals surface area contributed by atoms with E-state index >= 15 is 0 Å². The van der Waals surface area contributed by atoms with Gasteiger partial charge in [-0.2, -0.15) is 0 Å². The number of hydrogen-bond donors (Lipinski definition) is 1. The van der Waals surface area contributed by atoms with E-state index in [9.17, 15) is 0 Å². The summed E-state index contributed by atoms with van der Waals surface area (Å²) in [7, 11) is 0. The van der Waals surface area contributed by atoms with Gasteiger partial charge >= 0.3 is 0 Å². The van der Waals surface area contributed by atoms with Crippen LogP contribution < -0.4 is 10.1 Å². The highest BCUT2D eigenvalue weighted by Crippen LogP contribution is 2.41. The van der Waals surface area contributed by atoms with Gasteiger partial charge in [-0.15, -0.1) is 0 Å². The predicted octanol–water partition coefficient (Wildman–Crippen LogP) is 2.73. The second-order valence-electron chi connectivity index (χ2n) is 6.41. The molecule has 4 rings (SSSR count). The van der Waals surface area contributed by atoms with E-state index in [0.717, 1.165) is 24.8 Å². The summed E-state index contributed by atoms with van der Waals surface area (Å²) in [6, 6.07) is 10.7. The van der Waals surface area contributed by atoms with E-state index in [1.165, 1.54) is 44.3 Å². The lowest BCUT2D eigenvalue weighted by atomic mass is 9.98. The van der Waals surface area contributed by atoms with Crippen molar-refractivity contribution in [2.75, 3.05) is 19.7 Å². The lowest BCUT2D eigenvalue weighted by Gasteiger charge is -2.37. The second kappa shape index (κ2) is 5.38. The Bertz CT molecular complexity index is 466. The fraction of sp³-hybridized carbons (Fsp3) is 0.647. The Balaban J connectivity index is 1.57. The molecule has 1 aromatic rings. The average Bonchev–Trinajstić information content (AvgIpc) is 3.21. The summed E-state index contributed by atoms with van der Waals surface area (Å²) >= 11 is 0. The molecule has 1 aliphatic carbocycles. The van der Waals surface area contributed by atoms with Crippen LogP contribution >= 0.6 is 0 Å². The molecule has 3 nitrogen and oxygen atoms in total. The first-order valence-electron chi connectivity index (χ1n) is 8.12. The minimum atomic E-state index is 0.565. The van der Waals surface area contributed by atoms with Crippen molar-refractivity contribution in [1.82, 2.24) is 10.2 Å². The highest BCUT2D eigenvalue weighted by atomic mass is 16.5. The molecular formula is C17H24N2O. The Morgan fingerprint density at radius 1 is 1.15 bits per heavy atom. The fourth-order valence-electron chi connectivity index (χ4n) is 3.77. The van der Waals surface area contributed by atoms with Gasteiger partial charge in [-0.05, 0) is 38.3 Å². The Labute approximate surface area is 121 Å². The van der Waals surface area contributed by atoms with Gasteiger partial charge in [0.25, 0.3) is 0 Å². The Kier molecular flexibility index (Phi) is 3.41. The largest absolute Gasteiger partial charge is 0.493 e. The molecule has 2 atom stereocenters. The van der Waals surface area contributed by atoms with Gasteiger partial charge in [-0.1, -0.05) is 18.2 Å². The first-order valence-corrected chi connectivity index (χ1v) is 8.12. The van der Waals surface area contributed by atoms with E-state index < -0.39 is 0 Å². The highest BCUT2D eigenvalue weighted by Gasteiger charge is 2.38. The Morgan fingerprint density at radius 2 is 2.05 bits per heavy atom. The average molecular weight is 272 g/mol. The molecule has 20 heavy (non-hydrogen) atoms. The third kappa shape index (κ3) is 2.45. The predicted molar refractivity (Wildman–Crippen MR) is 80.0 cm³/mol. The third-order valence-corrected chi connectivity index (χ3v) is 4.94. The summed E-state index contributed by atoms with van der Waals surface area (Å²) in [5.41, 5.74) is 1.41. The molecule has 2 heterocycles. The zero-order chi connectivity index (χ0) is 13.4. The van der Waals surface area contributed by atoms with E-state index in [-0.39, 0.29) is 0 Å². The fourth-order valence-corrected chi connectivity index (χ4v) is 3.77. The van der Waals surface area contributed by atoms with Crippen LogP contribution in [0.25, 0.3) is 0 Å². The molecule has 2 fully saturated rings. The molecule has 1 saturated heterocycles. The lowest BCUT2D eigenvalue weighted by Crippen LogP contribution is -2.42. The molecule has 0 spiro atoms. The summed E-state index contributed by atoms with van der Waals surface area (Å²) in [5, 5.41) is 3.66. The molecule has 3 heteroatoms. The monoisotopic (exact) mass is 272 g/mol. The first kappa shape index (κ1) is 12.7. The molecule has 0 aromatic heterocycles. The summed E-state index contributed by atoms with van der Waals surface area (Å²) in [6.07, 6.45) is 6.58. The van der Waals surface area contributed by atoms with Gasteiger partial charge in [0, 0.05) is 36.7 Å². The van der Waals surface area contributed by atoms with Gasteiger partial charge in [0.2, 0.25) is 0 Å². The van der Waals surface area contributed by atoms with E-state index in [2.05, 4.69) is 34.5 Å². The van der Waals surface area contributed by atoms with E-state index in [4.69, 9.17) is 4.74 Å². The van der Waals surface area contributed by atoms with Crippen LogP contribution in [-0.2, 0) is 0 Å². The summed E-state index contributed by atoms with van der Waals surface area (Å²) in [6.45, 7) is 3.28. The van der Waals surface area contributed by atoms with Crippen LogP contribution in [0.3, 0.4) is 0 Å². The number of benzene rings is 1. The van der Waals surface area contributed by atoms with Crippen molar-refractivity contribution in [3.8, 4) is 5.75 Å². The van der Waals surface area contributed by atoms with Crippen LogP contribution in [-0.4, -0.2) is 36.7 Å². The minimum absolute atomic E-state index is 0.565. The van der Waals surface area contributed by atoms with Crippen LogP contribution in [0.1, 0.15) is 43.7 Å². The summed E-state index contributed by atoms with van der Waals surface area (Å²) < 4.78 is 5.83. The third-order valence-electron chi connectivity index (χ3n) is 4.94. The number of hydrogen-bond acceptors (Lipinski definition) is 3. The Hall–Kier alpha value is -1.06. The van der Waals surface area contributed by atoms with Crippen molar-refractivity contribution < 1.29 is 4.74 Å². The zero-order valence-electron chi connectivity index (χ0n) is 12.1. The smallest absolute Gasteiger partial charge is 0.124 e. The van der Waals surface area contributed by atoms with Crippen molar-refractivity contribution in [3.05, 3.63) is 29.8 Å². The standard InChI is InChI=1S/C17H24N2O/c1-2-6-17-15(5-1)16(9-11-20-17)19(14-7-8-14)12-13-4-3-10-18-13/h1-2,5-6,13-14,16,18H,3-4,7-12H2. The number of ether oxygens (including phenoxy) is 1. The topological polar surface area (TPSA) is 24.5 Å². The number of nitrogens with zero attached hydrogens (tertiary/aromatic N) is 1. The number of para-hydroxylation sites is 1.